The monoisotopic (exact) mass is 448 g/mol. The maximum Gasteiger partial charge on any atom is 0.325 e. The van der Waals surface area contributed by atoms with Crippen molar-refractivity contribution in [3.63, 3.8) is 0 Å². The van der Waals surface area contributed by atoms with Crippen LogP contribution in [0.5, 0.6) is 5.75 Å². The lowest BCUT2D eigenvalue weighted by Gasteiger charge is -2.36. The van der Waals surface area contributed by atoms with E-state index >= 15 is 0 Å². The van der Waals surface area contributed by atoms with Gasteiger partial charge in [-0.2, -0.15) is 0 Å². The van der Waals surface area contributed by atoms with Crippen molar-refractivity contribution in [3.05, 3.63) is 59.7 Å². The van der Waals surface area contributed by atoms with Crippen LogP contribution < -0.4 is 15.0 Å². The van der Waals surface area contributed by atoms with E-state index in [2.05, 4.69) is 27.2 Å². The molecular weight excluding hydrogens is 416 g/mol. The van der Waals surface area contributed by atoms with Crippen LogP contribution in [0.1, 0.15) is 30.4 Å². The summed E-state index contributed by atoms with van der Waals surface area (Å²) in [5, 5.41) is 3.05. The van der Waals surface area contributed by atoms with Gasteiger partial charge in [-0.3, -0.25) is 14.6 Å². The standard InChI is InChI=1S/C26H32N4O3/c1-33-23-12-5-4-11-22(23)29-18-16-28(17-19-29)14-7-15-30-24(31)26(27-25(30)32)13-6-9-20-8-2-3-10-21(20)26/h2-5,8,10-12H,6-7,9,13-19H2,1H3,(H,27,32). The van der Waals surface area contributed by atoms with Crippen molar-refractivity contribution < 1.29 is 14.3 Å². The van der Waals surface area contributed by atoms with Crippen LogP contribution in [0.3, 0.4) is 0 Å². The Hall–Kier alpha value is -3.06. The van der Waals surface area contributed by atoms with Crippen molar-refractivity contribution in [2.75, 3.05) is 51.3 Å². The SMILES string of the molecule is COc1ccccc1N1CCN(CCCN2C(=O)NC3(CCCc4ccccc43)C2=O)CC1. The molecule has 174 valence electrons. The maximum absolute atomic E-state index is 13.4. The Labute approximate surface area is 195 Å². The number of para-hydroxylation sites is 2. The van der Waals surface area contributed by atoms with E-state index in [0.29, 0.717) is 13.0 Å². The van der Waals surface area contributed by atoms with Gasteiger partial charge >= 0.3 is 6.03 Å². The molecule has 1 spiro atoms. The normalized spacial score (nSPS) is 23.1. The molecule has 2 fully saturated rings. The third-order valence-electron chi connectivity index (χ3n) is 7.30. The Bertz CT molecular complexity index is 1030. The van der Waals surface area contributed by atoms with Gasteiger partial charge in [0.1, 0.15) is 11.3 Å². The van der Waals surface area contributed by atoms with E-state index in [1.807, 2.05) is 36.4 Å². The molecule has 0 aromatic heterocycles. The Balaban J connectivity index is 1.16. The molecule has 1 N–H and O–H groups in total. The first-order valence-corrected chi connectivity index (χ1v) is 12.0. The van der Waals surface area contributed by atoms with E-state index in [1.54, 1.807) is 7.11 Å². The smallest absolute Gasteiger partial charge is 0.325 e. The van der Waals surface area contributed by atoms with E-state index in [0.717, 1.165) is 69.0 Å². The van der Waals surface area contributed by atoms with Crippen LogP contribution in [0.4, 0.5) is 10.5 Å². The zero-order valence-corrected chi connectivity index (χ0v) is 19.3. The molecule has 1 aliphatic carbocycles. The van der Waals surface area contributed by atoms with Gasteiger partial charge in [0.15, 0.2) is 0 Å². The molecule has 1 unspecified atom stereocenters. The summed E-state index contributed by atoms with van der Waals surface area (Å²) in [6.07, 6.45) is 3.33. The number of nitrogens with one attached hydrogen (secondary N) is 1. The van der Waals surface area contributed by atoms with Crippen molar-refractivity contribution in [2.24, 2.45) is 0 Å². The van der Waals surface area contributed by atoms with Crippen molar-refractivity contribution in [1.29, 1.82) is 0 Å². The Kier molecular flexibility index (Phi) is 5.98. The van der Waals surface area contributed by atoms with Crippen molar-refractivity contribution >= 4 is 17.6 Å². The summed E-state index contributed by atoms with van der Waals surface area (Å²) < 4.78 is 5.51. The largest absolute Gasteiger partial charge is 0.495 e. The first-order valence-electron chi connectivity index (χ1n) is 12.0. The molecule has 0 saturated carbocycles. The molecular formula is C26H32N4O3. The summed E-state index contributed by atoms with van der Waals surface area (Å²) in [6.45, 7) is 5.11. The Morgan fingerprint density at radius 2 is 1.73 bits per heavy atom. The third-order valence-corrected chi connectivity index (χ3v) is 7.30. The van der Waals surface area contributed by atoms with Gasteiger partial charge < -0.3 is 15.0 Å². The summed E-state index contributed by atoms with van der Waals surface area (Å²) in [4.78, 5) is 32.4. The number of urea groups is 1. The number of hydrogen-bond donors (Lipinski definition) is 1. The lowest BCUT2D eigenvalue weighted by atomic mass is 9.76. The van der Waals surface area contributed by atoms with E-state index in [-0.39, 0.29) is 11.9 Å². The quantitative estimate of drug-likeness (QED) is 0.689. The molecule has 3 aliphatic rings. The number of fused-ring (bicyclic) bond motifs is 2. The number of anilines is 1. The lowest BCUT2D eigenvalue weighted by Crippen LogP contribution is -2.47. The summed E-state index contributed by atoms with van der Waals surface area (Å²) in [5.41, 5.74) is 2.42. The second-order valence-electron chi connectivity index (χ2n) is 9.16. The summed E-state index contributed by atoms with van der Waals surface area (Å²) in [5.74, 6) is 0.823. The number of imide groups is 1. The van der Waals surface area contributed by atoms with Crippen LogP contribution in [0, 0.1) is 0 Å². The number of methoxy groups -OCH3 is 1. The molecule has 2 aromatic rings. The number of rotatable bonds is 6. The number of carbonyl (C=O) groups excluding carboxylic acids is 2. The Morgan fingerprint density at radius 1 is 0.970 bits per heavy atom. The fraction of sp³-hybridized carbons (Fsp3) is 0.462. The topological polar surface area (TPSA) is 65.1 Å². The molecule has 0 bridgehead atoms. The van der Waals surface area contributed by atoms with Crippen molar-refractivity contribution in [1.82, 2.24) is 15.1 Å². The maximum atomic E-state index is 13.4. The van der Waals surface area contributed by atoms with Crippen LogP contribution in [0.25, 0.3) is 0 Å². The van der Waals surface area contributed by atoms with Crippen LogP contribution in [0.2, 0.25) is 0 Å². The van der Waals surface area contributed by atoms with Gasteiger partial charge in [0.05, 0.1) is 12.8 Å². The highest BCUT2D eigenvalue weighted by Gasteiger charge is 2.53. The molecule has 3 amide bonds. The average molecular weight is 449 g/mol. The fourth-order valence-corrected chi connectivity index (χ4v) is 5.57. The molecule has 7 nitrogen and oxygen atoms in total. The molecule has 2 aliphatic heterocycles. The number of amides is 3. The van der Waals surface area contributed by atoms with Gasteiger partial charge in [-0.05, 0) is 55.5 Å². The number of benzene rings is 2. The zero-order chi connectivity index (χ0) is 22.8. The molecule has 2 saturated heterocycles. The fourth-order valence-electron chi connectivity index (χ4n) is 5.57. The average Bonchev–Trinajstić information content (AvgIpc) is 3.09. The summed E-state index contributed by atoms with van der Waals surface area (Å²) in [7, 11) is 1.71. The minimum absolute atomic E-state index is 0.0827. The van der Waals surface area contributed by atoms with Gasteiger partial charge in [0, 0.05) is 32.7 Å². The van der Waals surface area contributed by atoms with Gasteiger partial charge in [0.2, 0.25) is 0 Å². The van der Waals surface area contributed by atoms with Gasteiger partial charge in [-0.25, -0.2) is 4.79 Å². The van der Waals surface area contributed by atoms with Crippen LogP contribution >= 0.6 is 0 Å². The number of nitrogens with zero attached hydrogens (tertiary/aromatic N) is 3. The zero-order valence-electron chi connectivity index (χ0n) is 19.3. The number of carbonyl (C=O) groups is 2. The van der Waals surface area contributed by atoms with E-state index in [4.69, 9.17) is 4.74 Å². The van der Waals surface area contributed by atoms with E-state index < -0.39 is 5.54 Å². The second-order valence-corrected chi connectivity index (χ2v) is 9.16. The molecule has 0 radical (unpaired) electrons. The first kappa shape index (κ1) is 21.8. The highest BCUT2D eigenvalue weighted by atomic mass is 16.5. The van der Waals surface area contributed by atoms with E-state index in [1.165, 1.54) is 10.5 Å². The predicted octanol–water partition coefficient (Wildman–Crippen LogP) is 2.99. The van der Waals surface area contributed by atoms with Crippen LogP contribution in [-0.2, 0) is 16.8 Å². The molecule has 5 rings (SSSR count). The minimum atomic E-state index is -0.869. The number of piperazine rings is 1. The van der Waals surface area contributed by atoms with Crippen LogP contribution in [0.15, 0.2) is 48.5 Å². The highest BCUT2D eigenvalue weighted by Crippen LogP contribution is 2.39. The third kappa shape index (κ3) is 3.95. The number of hydrogen-bond acceptors (Lipinski definition) is 5. The minimum Gasteiger partial charge on any atom is -0.495 e. The van der Waals surface area contributed by atoms with Gasteiger partial charge in [-0.1, -0.05) is 36.4 Å². The molecule has 33 heavy (non-hydrogen) atoms. The predicted molar refractivity (Wildman–Crippen MR) is 128 cm³/mol. The van der Waals surface area contributed by atoms with Crippen LogP contribution in [-0.4, -0.2) is 68.1 Å². The summed E-state index contributed by atoms with van der Waals surface area (Å²) >= 11 is 0. The molecule has 7 heteroatoms. The number of ether oxygens (including phenoxy) is 1. The second kappa shape index (κ2) is 9.06. The molecule has 2 aromatic carbocycles. The Morgan fingerprint density at radius 3 is 2.55 bits per heavy atom. The highest BCUT2D eigenvalue weighted by molar-refractivity contribution is 6.07. The van der Waals surface area contributed by atoms with E-state index in [9.17, 15) is 9.59 Å². The molecule has 1 atom stereocenters. The number of aryl methyl sites for hydroxylation is 1. The first-order chi connectivity index (χ1) is 16.1. The summed E-state index contributed by atoms with van der Waals surface area (Å²) in [6, 6.07) is 15.9. The van der Waals surface area contributed by atoms with Gasteiger partial charge in [0.25, 0.3) is 5.91 Å². The van der Waals surface area contributed by atoms with Crippen molar-refractivity contribution in [3.8, 4) is 5.75 Å². The van der Waals surface area contributed by atoms with Gasteiger partial charge in [-0.15, -0.1) is 0 Å². The molecule has 2 heterocycles. The van der Waals surface area contributed by atoms with Crippen molar-refractivity contribution in [2.45, 2.75) is 31.2 Å². The lowest BCUT2D eigenvalue weighted by molar-refractivity contribution is -0.132.